The molecule has 0 radical (unpaired) electrons. The molecule has 1 heterocycles. The lowest BCUT2D eigenvalue weighted by Crippen LogP contribution is -2.46. The summed E-state index contributed by atoms with van der Waals surface area (Å²) in [5, 5.41) is 0. The SMILES string of the molecule is CCC1(C)CC(C)(CC)C(C(C)(C)COC(C)(C)C(C)C(C)C)O1. The molecule has 0 aromatic carbocycles. The highest BCUT2D eigenvalue weighted by molar-refractivity contribution is 5.03. The molecule has 4 atom stereocenters. The van der Waals surface area contributed by atoms with Crippen LogP contribution in [0, 0.1) is 22.7 Å². The van der Waals surface area contributed by atoms with Crippen molar-refractivity contribution in [3.63, 3.8) is 0 Å². The maximum Gasteiger partial charge on any atom is 0.0709 e. The lowest BCUT2D eigenvalue weighted by Gasteiger charge is -2.43. The summed E-state index contributed by atoms with van der Waals surface area (Å²) in [5.41, 5.74) is 0.130. The molecule has 4 unspecified atom stereocenters. The molecule has 24 heavy (non-hydrogen) atoms. The zero-order chi connectivity index (χ0) is 19.0. The van der Waals surface area contributed by atoms with Crippen molar-refractivity contribution in [2.24, 2.45) is 22.7 Å². The van der Waals surface area contributed by atoms with Crippen molar-refractivity contribution in [2.75, 3.05) is 6.61 Å². The molecule has 0 aliphatic carbocycles. The molecule has 0 bridgehead atoms. The fraction of sp³-hybridized carbons (Fsp3) is 1.00. The molecule has 0 spiro atoms. The van der Waals surface area contributed by atoms with Crippen LogP contribution in [0.3, 0.4) is 0 Å². The molecule has 2 heteroatoms. The Morgan fingerprint density at radius 1 is 1.04 bits per heavy atom. The maximum atomic E-state index is 6.66. The molecule has 144 valence electrons. The Labute approximate surface area is 152 Å². The Kier molecular flexibility index (Phi) is 6.65. The first-order valence-corrected chi connectivity index (χ1v) is 10.0. The van der Waals surface area contributed by atoms with E-state index in [1.54, 1.807) is 0 Å². The van der Waals surface area contributed by atoms with E-state index in [0.29, 0.717) is 11.8 Å². The summed E-state index contributed by atoms with van der Waals surface area (Å²) in [5.74, 6) is 1.14. The van der Waals surface area contributed by atoms with Crippen molar-refractivity contribution in [3.8, 4) is 0 Å². The van der Waals surface area contributed by atoms with Gasteiger partial charge in [-0.05, 0) is 57.3 Å². The van der Waals surface area contributed by atoms with Gasteiger partial charge in [-0.2, -0.15) is 0 Å². The highest BCUT2D eigenvalue weighted by Crippen LogP contribution is 2.53. The monoisotopic (exact) mass is 340 g/mol. The van der Waals surface area contributed by atoms with Gasteiger partial charge >= 0.3 is 0 Å². The van der Waals surface area contributed by atoms with E-state index in [1.165, 1.54) is 0 Å². The molecular weight excluding hydrogens is 296 g/mol. The number of hydrogen-bond donors (Lipinski definition) is 0. The van der Waals surface area contributed by atoms with Crippen LogP contribution in [0.5, 0.6) is 0 Å². The van der Waals surface area contributed by atoms with Crippen molar-refractivity contribution >= 4 is 0 Å². The van der Waals surface area contributed by atoms with E-state index < -0.39 is 0 Å². The normalized spacial score (nSPS) is 33.2. The predicted octanol–water partition coefficient (Wildman–Crippen LogP) is 6.47. The zero-order valence-electron chi connectivity index (χ0n) is 18.4. The Morgan fingerprint density at radius 2 is 1.58 bits per heavy atom. The maximum absolute atomic E-state index is 6.66. The average molecular weight is 341 g/mol. The first kappa shape index (κ1) is 22.0. The zero-order valence-corrected chi connectivity index (χ0v) is 18.4. The molecule has 1 aliphatic heterocycles. The van der Waals surface area contributed by atoms with Crippen molar-refractivity contribution in [1.82, 2.24) is 0 Å². The second kappa shape index (κ2) is 7.27. The van der Waals surface area contributed by atoms with Crippen LogP contribution in [0.4, 0.5) is 0 Å². The van der Waals surface area contributed by atoms with E-state index in [-0.39, 0.29) is 28.1 Å². The molecule has 1 aliphatic rings. The second-order valence-corrected chi connectivity index (χ2v) is 10.4. The van der Waals surface area contributed by atoms with Gasteiger partial charge in [0, 0.05) is 5.41 Å². The van der Waals surface area contributed by atoms with Crippen LogP contribution in [0.25, 0.3) is 0 Å². The van der Waals surface area contributed by atoms with Crippen LogP contribution in [-0.4, -0.2) is 23.9 Å². The molecule has 1 rings (SSSR count). The summed E-state index contributed by atoms with van der Waals surface area (Å²) in [6.45, 7) is 26.0. The summed E-state index contributed by atoms with van der Waals surface area (Å²) in [4.78, 5) is 0. The Balaban J connectivity index is 2.91. The Morgan fingerprint density at radius 3 is 2.00 bits per heavy atom. The van der Waals surface area contributed by atoms with E-state index in [1.807, 2.05) is 0 Å². The molecule has 0 amide bonds. The van der Waals surface area contributed by atoms with Gasteiger partial charge in [-0.1, -0.05) is 55.4 Å². The molecule has 0 saturated carbocycles. The van der Waals surface area contributed by atoms with Gasteiger partial charge in [0.15, 0.2) is 0 Å². The van der Waals surface area contributed by atoms with Gasteiger partial charge < -0.3 is 9.47 Å². The van der Waals surface area contributed by atoms with Gasteiger partial charge in [0.25, 0.3) is 0 Å². The molecule has 0 N–H and O–H groups in total. The molecule has 1 saturated heterocycles. The van der Waals surface area contributed by atoms with E-state index in [0.717, 1.165) is 25.9 Å². The van der Waals surface area contributed by atoms with Crippen molar-refractivity contribution in [1.29, 1.82) is 0 Å². The van der Waals surface area contributed by atoms with Gasteiger partial charge in [0.05, 0.1) is 23.9 Å². The number of hydrogen-bond acceptors (Lipinski definition) is 2. The van der Waals surface area contributed by atoms with Gasteiger partial charge in [-0.25, -0.2) is 0 Å². The fourth-order valence-electron chi connectivity index (χ4n) is 4.42. The Bertz CT molecular complexity index is 412. The predicted molar refractivity (Wildman–Crippen MR) is 104 cm³/mol. The fourth-order valence-corrected chi connectivity index (χ4v) is 4.42. The summed E-state index contributed by atoms with van der Waals surface area (Å²) >= 11 is 0. The van der Waals surface area contributed by atoms with Crippen molar-refractivity contribution < 1.29 is 9.47 Å². The largest absolute Gasteiger partial charge is 0.375 e. The van der Waals surface area contributed by atoms with Gasteiger partial charge in [0.2, 0.25) is 0 Å². The third-order valence-electron chi connectivity index (χ3n) is 6.99. The van der Waals surface area contributed by atoms with Crippen LogP contribution < -0.4 is 0 Å². The lowest BCUT2D eigenvalue weighted by molar-refractivity contribution is -0.153. The summed E-state index contributed by atoms with van der Waals surface area (Å²) < 4.78 is 13.2. The van der Waals surface area contributed by atoms with Crippen LogP contribution in [0.1, 0.15) is 95.4 Å². The smallest absolute Gasteiger partial charge is 0.0709 e. The third kappa shape index (κ3) is 4.55. The minimum Gasteiger partial charge on any atom is -0.375 e. The highest BCUT2D eigenvalue weighted by atomic mass is 16.5. The van der Waals surface area contributed by atoms with Gasteiger partial charge in [-0.3, -0.25) is 0 Å². The molecular formula is C22H44O2. The minimum absolute atomic E-state index is 0.00561. The van der Waals surface area contributed by atoms with Crippen LogP contribution in [-0.2, 0) is 9.47 Å². The van der Waals surface area contributed by atoms with E-state index in [4.69, 9.17) is 9.47 Å². The first-order chi connectivity index (χ1) is 10.7. The van der Waals surface area contributed by atoms with E-state index >= 15 is 0 Å². The highest BCUT2D eigenvalue weighted by Gasteiger charge is 2.54. The third-order valence-corrected chi connectivity index (χ3v) is 6.99. The van der Waals surface area contributed by atoms with Crippen molar-refractivity contribution in [3.05, 3.63) is 0 Å². The van der Waals surface area contributed by atoms with Crippen LogP contribution >= 0.6 is 0 Å². The second-order valence-electron chi connectivity index (χ2n) is 10.4. The molecule has 2 nitrogen and oxygen atoms in total. The summed E-state index contributed by atoms with van der Waals surface area (Å²) in [7, 11) is 0. The first-order valence-electron chi connectivity index (χ1n) is 10.0. The van der Waals surface area contributed by atoms with Crippen LogP contribution in [0.15, 0.2) is 0 Å². The summed E-state index contributed by atoms with van der Waals surface area (Å²) in [6.07, 6.45) is 3.62. The van der Waals surface area contributed by atoms with Gasteiger partial charge in [-0.15, -0.1) is 0 Å². The van der Waals surface area contributed by atoms with E-state index in [2.05, 4.69) is 76.2 Å². The van der Waals surface area contributed by atoms with Crippen molar-refractivity contribution in [2.45, 2.75) is 113 Å². The van der Waals surface area contributed by atoms with E-state index in [9.17, 15) is 0 Å². The minimum atomic E-state index is -0.110. The lowest BCUT2D eigenvalue weighted by atomic mass is 9.68. The average Bonchev–Trinajstić information content (AvgIpc) is 2.78. The number of rotatable bonds is 8. The topological polar surface area (TPSA) is 18.5 Å². The number of ether oxygens (including phenoxy) is 2. The summed E-state index contributed by atoms with van der Waals surface area (Å²) in [6, 6.07) is 0. The molecule has 0 aromatic heterocycles. The Hall–Kier alpha value is -0.0800. The molecule has 1 fully saturated rings. The molecule has 0 aromatic rings. The standard InChI is InChI=1S/C22H44O2/c1-12-21(10)14-22(11,13-2)24-18(21)19(6,7)15-23-20(8,9)17(5)16(3)4/h16-18H,12-15H2,1-11H3. The van der Waals surface area contributed by atoms with Gasteiger partial charge in [0.1, 0.15) is 0 Å². The van der Waals surface area contributed by atoms with Crippen LogP contribution in [0.2, 0.25) is 0 Å². The quantitative estimate of drug-likeness (QED) is 0.504.